The van der Waals surface area contributed by atoms with E-state index < -0.39 is 0 Å². The topological polar surface area (TPSA) is 50.4 Å². The first-order chi connectivity index (χ1) is 8.84. The molecule has 1 atom stereocenters. The molecule has 0 aliphatic rings. The second-order valence-electron chi connectivity index (χ2n) is 5.42. The number of hydrogen-bond acceptors (Lipinski definition) is 3. The fourth-order valence-electron chi connectivity index (χ4n) is 1.89. The Bertz CT molecular complexity index is 415. The van der Waals surface area contributed by atoms with Gasteiger partial charge in [-0.2, -0.15) is 0 Å². The molecule has 1 aromatic heterocycles. The first-order valence-corrected chi connectivity index (χ1v) is 7.34. The van der Waals surface area contributed by atoms with Crippen molar-refractivity contribution < 1.29 is 9.53 Å². The van der Waals surface area contributed by atoms with Crippen molar-refractivity contribution in [3.8, 4) is 0 Å². The number of ether oxygens (including phenoxy) is 1. The third kappa shape index (κ3) is 5.61. The number of nitrogens with one attached hydrogen (secondary N) is 2. The standard InChI is InChI=1S/C14H24N2O2S/c1-10-6-7-19-12(10)9-15-13(17)16-11(2)8-14(3,4)18-5/h6-7,11H,8-9H2,1-5H3,(H2,15,16,17). The summed E-state index contributed by atoms with van der Waals surface area (Å²) >= 11 is 1.66. The third-order valence-electron chi connectivity index (χ3n) is 3.11. The van der Waals surface area contributed by atoms with Crippen LogP contribution in [0.3, 0.4) is 0 Å². The van der Waals surface area contributed by atoms with Crippen molar-refractivity contribution in [3.63, 3.8) is 0 Å². The van der Waals surface area contributed by atoms with E-state index in [1.165, 1.54) is 10.4 Å². The van der Waals surface area contributed by atoms with E-state index in [9.17, 15) is 4.79 Å². The molecule has 19 heavy (non-hydrogen) atoms. The third-order valence-corrected chi connectivity index (χ3v) is 4.13. The predicted molar refractivity (Wildman–Crippen MR) is 79.6 cm³/mol. The minimum atomic E-state index is -0.225. The van der Waals surface area contributed by atoms with Crippen LogP contribution in [0.5, 0.6) is 0 Å². The quantitative estimate of drug-likeness (QED) is 0.843. The Kier molecular flexibility index (Phi) is 5.82. The van der Waals surface area contributed by atoms with Crippen LogP contribution in [0, 0.1) is 6.92 Å². The van der Waals surface area contributed by atoms with Gasteiger partial charge in [-0.25, -0.2) is 4.79 Å². The van der Waals surface area contributed by atoms with Gasteiger partial charge in [0.05, 0.1) is 12.1 Å². The molecule has 0 spiro atoms. The van der Waals surface area contributed by atoms with Crippen LogP contribution in [0.15, 0.2) is 11.4 Å². The molecule has 0 aliphatic carbocycles. The molecule has 2 amide bonds. The van der Waals surface area contributed by atoms with Gasteiger partial charge in [0.15, 0.2) is 0 Å². The molecule has 4 nitrogen and oxygen atoms in total. The summed E-state index contributed by atoms with van der Waals surface area (Å²) in [5.74, 6) is 0. The Morgan fingerprint density at radius 3 is 2.74 bits per heavy atom. The smallest absolute Gasteiger partial charge is 0.315 e. The van der Waals surface area contributed by atoms with E-state index in [4.69, 9.17) is 4.74 Å². The highest BCUT2D eigenvalue weighted by Crippen LogP contribution is 2.16. The van der Waals surface area contributed by atoms with Crippen LogP contribution in [-0.4, -0.2) is 24.8 Å². The van der Waals surface area contributed by atoms with Crippen molar-refractivity contribution >= 4 is 17.4 Å². The zero-order valence-corrected chi connectivity index (χ0v) is 13.2. The first kappa shape index (κ1) is 16.0. The second-order valence-corrected chi connectivity index (χ2v) is 6.42. The summed E-state index contributed by atoms with van der Waals surface area (Å²) in [5, 5.41) is 7.84. The Labute approximate surface area is 119 Å². The summed E-state index contributed by atoms with van der Waals surface area (Å²) in [6, 6.07) is 2.00. The van der Waals surface area contributed by atoms with Crippen LogP contribution >= 0.6 is 11.3 Å². The second kappa shape index (κ2) is 6.91. The van der Waals surface area contributed by atoms with Crippen LogP contribution in [0.1, 0.15) is 37.6 Å². The summed E-state index contributed by atoms with van der Waals surface area (Å²) in [6.07, 6.45) is 0.773. The normalized spacial score (nSPS) is 13.1. The van der Waals surface area contributed by atoms with E-state index in [1.54, 1.807) is 18.4 Å². The lowest BCUT2D eigenvalue weighted by Crippen LogP contribution is -2.43. The Balaban J connectivity index is 2.33. The summed E-state index contributed by atoms with van der Waals surface area (Å²) in [7, 11) is 1.69. The molecule has 0 saturated carbocycles. The van der Waals surface area contributed by atoms with Gasteiger partial charge in [-0.3, -0.25) is 0 Å². The molecule has 0 fully saturated rings. The molecule has 1 rings (SSSR count). The fraction of sp³-hybridized carbons (Fsp3) is 0.643. The van der Waals surface area contributed by atoms with Gasteiger partial charge in [-0.1, -0.05) is 0 Å². The van der Waals surface area contributed by atoms with Crippen LogP contribution in [0.2, 0.25) is 0 Å². The highest BCUT2D eigenvalue weighted by atomic mass is 32.1. The molecule has 0 aromatic carbocycles. The molecule has 5 heteroatoms. The van der Waals surface area contributed by atoms with Crippen LogP contribution in [0.25, 0.3) is 0 Å². The Morgan fingerprint density at radius 1 is 1.53 bits per heavy atom. The molecule has 108 valence electrons. The lowest BCUT2D eigenvalue weighted by Gasteiger charge is -2.27. The minimum Gasteiger partial charge on any atom is -0.379 e. The Hall–Kier alpha value is -1.07. The van der Waals surface area contributed by atoms with Gasteiger partial charge in [0, 0.05) is 18.0 Å². The monoisotopic (exact) mass is 284 g/mol. The summed E-state index contributed by atoms with van der Waals surface area (Å²) in [5.41, 5.74) is 0.996. The molecule has 0 aliphatic heterocycles. The van der Waals surface area contributed by atoms with Gasteiger partial charge in [0.1, 0.15) is 0 Å². The SMILES string of the molecule is COC(C)(C)CC(C)NC(=O)NCc1sccc1C. The molecule has 0 bridgehead atoms. The first-order valence-electron chi connectivity index (χ1n) is 6.46. The van der Waals surface area contributed by atoms with E-state index in [2.05, 4.69) is 23.6 Å². The number of amides is 2. The van der Waals surface area contributed by atoms with Crippen molar-refractivity contribution in [1.29, 1.82) is 0 Å². The molecule has 0 radical (unpaired) electrons. The average Bonchev–Trinajstić information content (AvgIpc) is 2.71. The number of carbonyl (C=O) groups excluding carboxylic acids is 1. The molecule has 2 N–H and O–H groups in total. The summed E-state index contributed by atoms with van der Waals surface area (Å²) in [6.45, 7) is 8.64. The van der Waals surface area contributed by atoms with Crippen molar-refractivity contribution in [2.45, 2.75) is 52.3 Å². The van der Waals surface area contributed by atoms with E-state index in [-0.39, 0.29) is 17.7 Å². The lowest BCUT2D eigenvalue weighted by atomic mass is 10.00. The van der Waals surface area contributed by atoms with Crippen molar-refractivity contribution in [2.24, 2.45) is 0 Å². The molecule has 1 unspecified atom stereocenters. The summed E-state index contributed by atoms with van der Waals surface area (Å²) < 4.78 is 5.35. The number of aryl methyl sites for hydroxylation is 1. The number of rotatable bonds is 6. The van der Waals surface area contributed by atoms with Crippen LogP contribution in [0.4, 0.5) is 4.79 Å². The molecular weight excluding hydrogens is 260 g/mol. The maximum absolute atomic E-state index is 11.8. The van der Waals surface area contributed by atoms with E-state index in [0.717, 1.165) is 6.42 Å². The number of urea groups is 1. The Morgan fingerprint density at radius 2 is 2.21 bits per heavy atom. The predicted octanol–water partition coefficient (Wildman–Crippen LogP) is 3.06. The molecule has 1 heterocycles. The molecular formula is C14H24N2O2S. The van der Waals surface area contributed by atoms with E-state index >= 15 is 0 Å². The zero-order chi connectivity index (χ0) is 14.5. The highest BCUT2D eigenvalue weighted by molar-refractivity contribution is 7.10. The largest absolute Gasteiger partial charge is 0.379 e. The summed E-state index contributed by atoms with van der Waals surface area (Å²) in [4.78, 5) is 13.0. The van der Waals surface area contributed by atoms with Crippen LogP contribution in [-0.2, 0) is 11.3 Å². The van der Waals surface area contributed by atoms with Gasteiger partial charge in [-0.15, -0.1) is 11.3 Å². The van der Waals surface area contributed by atoms with Crippen LogP contribution < -0.4 is 10.6 Å². The van der Waals surface area contributed by atoms with Gasteiger partial charge >= 0.3 is 6.03 Å². The van der Waals surface area contributed by atoms with Crippen molar-refractivity contribution in [1.82, 2.24) is 10.6 Å². The van der Waals surface area contributed by atoms with Gasteiger partial charge in [0.2, 0.25) is 0 Å². The molecule has 0 saturated heterocycles. The number of thiophene rings is 1. The highest BCUT2D eigenvalue weighted by Gasteiger charge is 2.21. The number of hydrogen-bond donors (Lipinski definition) is 2. The number of methoxy groups -OCH3 is 1. The maximum Gasteiger partial charge on any atom is 0.315 e. The maximum atomic E-state index is 11.8. The van der Waals surface area contributed by atoms with Crippen molar-refractivity contribution in [3.05, 3.63) is 21.9 Å². The van der Waals surface area contributed by atoms with Gasteiger partial charge in [-0.05, 0) is 51.1 Å². The fourth-order valence-corrected chi connectivity index (χ4v) is 2.74. The molecule has 1 aromatic rings. The van der Waals surface area contributed by atoms with E-state index in [0.29, 0.717) is 6.54 Å². The minimum absolute atomic E-state index is 0.0689. The van der Waals surface area contributed by atoms with E-state index in [1.807, 2.05) is 26.2 Å². The van der Waals surface area contributed by atoms with Gasteiger partial charge in [0.25, 0.3) is 0 Å². The number of carbonyl (C=O) groups is 1. The van der Waals surface area contributed by atoms with Gasteiger partial charge < -0.3 is 15.4 Å². The lowest BCUT2D eigenvalue weighted by molar-refractivity contribution is 0.00950. The van der Waals surface area contributed by atoms with Crippen molar-refractivity contribution in [2.75, 3.05) is 7.11 Å². The average molecular weight is 284 g/mol. The zero-order valence-electron chi connectivity index (χ0n) is 12.4.